The summed E-state index contributed by atoms with van der Waals surface area (Å²) in [6.45, 7) is 0.575. The Balaban J connectivity index is 2.82. The summed E-state index contributed by atoms with van der Waals surface area (Å²) in [5.74, 6) is 0.635. The van der Waals surface area contributed by atoms with E-state index in [1.807, 2.05) is 25.1 Å². The van der Waals surface area contributed by atoms with E-state index >= 15 is 0 Å². The van der Waals surface area contributed by atoms with Crippen molar-refractivity contribution in [2.45, 2.75) is 6.10 Å². The van der Waals surface area contributed by atoms with Crippen LogP contribution in [-0.2, 0) is 0 Å². The predicted molar refractivity (Wildman–Crippen MR) is 60.9 cm³/mol. The predicted octanol–water partition coefficient (Wildman–Crippen LogP) is 0.872. The fraction of sp³-hybridized carbons (Fsp3) is 0.455. The largest absolute Gasteiger partial charge is 0.495 e. The van der Waals surface area contributed by atoms with Crippen LogP contribution in [0.1, 0.15) is 11.7 Å². The zero-order valence-corrected chi connectivity index (χ0v) is 9.40. The quantitative estimate of drug-likeness (QED) is 0.724. The monoisotopic (exact) mass is 210 g/mol. The summed E-state index contributed by atoms with van der Waals surface area (Å²) < 4.78 is 5.04. The Morgan fingerprint density at radius 3 is 2.60 bits per heavy atom. The van der Waals surface area contributed by atoms with Gasteiger partial charge in [0.05, 0.1) is 18.9 Å². The van der Waals surface area contributed by atoms with Gasteiger partial charge in [-0.2, -0.15) is 0 Å². The summed E-state index contributed by atoms with van der Waals surface area (Å²) in [4.78, 5) is 1.92. The van der Waals surface area contributed by atoms with Crippen LogP contribution < -0.4 is 10.5 Å². The van der Waals surface area contributed by atoms with Gasteiger partial charge in [0.15, 0.2) is 0 Å². The zero-order chi connectivity index (χ0) is 11.4. The van der Waals surface area contributed by atoms with Crippen molar-refractivity contribution in [2.24, 2.45) is 0 Å². The van der Waals surface area contributed by atoms with Crippen molar-refractivity contribution < 1.29 is 9.84 Å². The second-order valence-corrected chi connectivity index (χ2v) is 3.78. The number of rotatable bonds is 4. The summed E-state index contributed by atoms with van der Waals surface area (Å²) >= 11 is 0. The number of nitrogen functional groups attached to an aromatic ring is 1. The highest BCUT2D eigenvalue weighted by atomic mass is 16.5. The van der Waals surface area contributed by atoms with Gasteiger partial charge in [-0.3, -0.25) is 0 Å². The molecule has 1 rings (SSSR count). The fourth-order valence-corrected chi connectivity index (χ4v) is 1.41. The van der Waals surface area contributed by atoms with E-state index in [0.29, 0.717) is 18.0 Å². The number of likely N-dealkylation sites (N-methyl/N-ethyl adjacent to an activating group) is 1. The molecule has 0 saturated carbocycles. The summed E-state index contributed by atoms with van der Waals surface area (Å²) in [5, 5.41) is 9.84. The number of methoxy groups -OCH3 is 1. The van der Waals surface area contributed by atoms with Crippen LogP contribution in [0.2, 0.25) is 0 Å². The van der Waals surface area contributed by atoms with E-state index in [2.05, 4.69) is 0 Å². The molecule has 1 unspecified atom stereocenters. The van der Waals surface area contributed by atoms with E-state index in [-0.39, 0.29) is 0 Å². The topological polar surface area (TPSA) is 58.7 Å². The molecule has 1 atom stereocenters. The smallest absolute Gasteiger partial charge is 0.141 e. The molecule has 0 bridgehead atoms. The molecular weight excluding hydrogens is 192 g/mol. The lowest BCUT2D eigenvalue weighted by molar-refractivity contribution is 0.138. The van der Waals surface area contributed by atoms with E-state index in [4.69, 9.17) is 10.5 Å². The van der Waals surface area contributed by atoms with Gasteiger partial charge >= 0.3 is 0 Å². The average Bonchev–Trinajstić information content (AvgIpc) is 2.16. The molecular formula is C11H18N2O2. The average molecular weight is 210 g/mol. The molecule has 0 radical (unpaired) electrons. The first-order valence-electron chi connectivity index (χ1n) is 4.80. The van der Waals surface area contributed by atoms with Crippen LogP contribution in [0.15, 0.2) is 18.2 Å². The molecule has 4 heteroatoms. The Morgan fingerprint density at radius 1 is 1.47 bits per heavy atom. The highest BCUT2D eigenvalue weighted by molar-refractivity contribution is 5.54. The lowest BCUT2D eigenvalue weighted by Crippen LogP contribution is -2.20. The molecule has 0 aliphatic carbocycles. The van der Waals surface area contributed by atoms with Crippen LogP contribution >= 0.6 is 0 Å². The number of hydrogen-bond donors (Lipinski definition) is 2. The van der Waals surface area contributed by atoms with Gasteiger partial charge in [-0.15, -0.1) is 0 Å². The zero-order valence-electron chi connectivity index (χ0n) is 9.40. The summed E-state index contributed by atoms with van der Waals surface area (Å²) in [7, 11) is 5.40. The summed E-state index contributed by atoms with van der Waals surface area (Å²) in [6.07, 6.45) is -0.520. The number of hydrogen-bond acceptors (Lipinski definition) is 4. The molecule has 1 aromatic carbocycles. The van der Waals surface area contributed by atoms with Crippen LogP contribution in [0.5, 0.6) is 5.75 Å². The van der Waals surface area contributed by atoms with Gasteiger partial charge in [0.1, 0.15) is 5.75 Å². The minimum atomic E-state index is -0.520. The maximum absolute atomic E-state index is 9.84. The third-order valence-electron chi connectivity index (χ3n) is 2.18. The van der Waals surface area contributed by atoms with Crippen molar-refractivity contribution in [2.75, 3.05) is 33.5 Å². The first kappa shape index (κ1) is 11.8. The van der Waals surface area contributed by atoms with Gasteiger partial charge in [-0.25, -0.2) is 0 Å². The van der Waals surface area contributed by atoms with Crippen molar-refractivity contribution in [3.8, 4) is 5.75 Å². The molecule has 84 valence electrons. The molecule has 0 saturated heterocycles. The van der Waals surface area contributed by atoms with E-state index in [1.54, 1.807) is 19.2 Å². The molecule has 0 heterocycles. The molecule has 3 N–H and O–H groups in total. The number of ether oxygens (including phenoxy) is 1. The lowest BCUT2D eigenvalue weighted by atomic mass is 10.1. The van der Waals surface area contributed by atoms with E-state index < -0.39 is 6.10 Å². The van der Waals surface area contributed by atoms with Crippen molar-refractivity contribution in [1.82, 2.24) is 4.90 Å². The SMILES string of the molecule is COc1ccc(C(O)CN(C)C)cc1N. The molecule has 0 amide bonds. The number of anilines is 1. The van der Waals surface area contributed by atoms with Gasteiger partial charge in [-0.05, 0) is 31.8 Å². The third-order valence-corrected chi connectivity index (χ3v) is 2.18. The van der Waals surface area contributed by atoms with E-state index in [9.17, 15) is 5.11 Å². The van der Waals surface area contributed by atoms with Crippen LogP contribution in [0.3, 0.4) is 0 Å². The Hall–Kier alpha value is -1.26. The number of benzene rings is 1. The molecule has 1 aromatic rings. The molecule has 4 nitrogen and oxygen atoms in total. The Kier molecular flexibility index (Phi) is 3.94. The molecule has 0 aliphatic rings. The van der Waals surface area contributed by atoms with Crippen LogP contribution in [-0.4, -0.2) is 37.8 Å². The Bertz CT molecular complexity index is 326. The number of nitrogens with two attached hydrogens (primary N) is 1. The van der Waals surface area contributed by atoms with Gasteiger partial charge in [0.2, 0.25) is 0 Å². The van der Waals surface area contributed by atoms with Gasteiger partial charge in [-0.1, -0.05) is 6.07 Å². The standard InChI is InChI=1S/C11H18N2O2/c1-13(2)7-10(14)8-4-5-11(15-3)9(12)6-8/h4-6,10,14H,7,12H2,1-3H3. The highest BCUT2D eigenvalue weighted by Gasteiger charge is 2.10. The fourth-order valence-electron chi connectivity index (χ4n) is 1.41. The van der Waals surface area contributed by atoms with Crippen LogP contribution in [0.4, 0.5) is 5.69 Å². The van der Waals surface area contributed by atoms with Crippen LogP contribution in [0, 0.1) is 0 Å². The number of nitrogens with zero attached hydrogens (tertiary/aromatic N) is 1. The summed E-state index contributed by atoms with van der Waals surface area (Å²) in [5.41, 5.74) is 7.11. The first-order chi connectivity index (χ1) is 7.04. The Labute approximate surface area is 90.3 Å². The normalized spacial score (nSPS) is 12.9. The van der Waals surface area contributed by atoms with Gasteiger partial charge in [0.25, 0.3) is 0 Å². The van der Waals surface area contributed by atoms with Crippen molar-refractivity contribution >= 4 is 5.69 Å². The third kappa shape index (κ3) is 3.11. The van der Waals surface area contributed by atoms with E-state index in [1.165, 1.54) is 0 Å². The molecule has 15 heavy (non-hydrogen) atoms. The second-order valence-electron chi connectivity index (χ2n) is 3.78. The van der Waals surface area contributed by atoms with Crippen molar-refractivity contribution in [1.29, 1.82) is 0 Å². The van der Waals surface area contributed by atoms with Gasteiger partial charge < -0.3 is 20.5 Å². The summed E-state index contributed by atoms with van der Waals surface area (Å²) in [6, 6.07) is 5.33. The molecule has 0 aromatic heterocycles. The number of aliphatic hydroxyl groups excluding tert-OH is 1. The maximum atomic E-state index is 9.84. The van der Waals surface area contributed by atoms with Crippen LogP contribution in [0.25, 0.3) is 0 Å². The molecule has 0 spiro atoms. The minimum Gasteiger partial charge on any atom is -0.495 e. The van der Waals surface area contributed by atoms with E-state index in [0.717, 1.165) is 5.56 Å². The molecule has 0 fully saturated rings. The van der Waals surface area contributed by atoms with Gasteiger partial charge in [0, 0.05) is 6.54 Å². The number of aliphatic hydroxyl groups is 1. The highest BCUT2D eigenvalue weighted by Crippen LogP contribution is 2.25. The van der Waals surface area contributed by atoms with Crippen molar-refractivity contribution in [3.63, 3.8) is 0 Å². The minimum absolute atomic E-state index is 0.520. The Morgan fingerprint density at radius 2 is 2.13 bits per heavy atom. The molecule has 0 aliphatic heterocycles. The second kappa shape index (κ2) is 5.00. The lowest BCUT2D eigenvalue weighted by Gasteiger charge is -2.17. The maximum Gasteiger partial charge on any atom is 0.141 e. The first-order valence-corrected chi connectivity index (χ1v) is 4.80. The van der Waals surface area contributed by atoms with Crippen molar-refractivity contribution in [3.05, 3.63) is 23.8 Å².